The molecule has 0 saturated carbocycles. The Morgan fingerprint density at radius 1 is 1.14 bits per heavy atom. The van der Waals surface area contributed by atoms with Gasteiger partial charge in [-0.2, -0.15) is 5.10 Å². The number of hydrazone groups is 1. The molecule has 0 fully saturated rings. The molecule has 0 radical (unpaired) electrons. The molecule has 1 heterocycles. The molecule has 4 nitrogen and oxygen atoms in total. The first-order valence-corrected chi connectivity index (χ1v) is 10.4. The molecule has 0 bridgehead atoms. The fourth-order valence-electron chi connectivity index (χ4n) is 2.71. The van der Waals surface area contributed by atoms with Crippen LogP contribution in [0.4, 0.5) is 5.13 Å². The number of benzene rings is 2. The number of aryl methyl sites for hydroxylation is 2. The van der Waals surface area contributed by atoms with Gasteiger partial charge in [-0.15, -0.1) is 11.3 Å². The van der Waals surface area contributed by atoms with Gasteiger partial charge in [-0.05, 0) is 51.0 Å². The maximum Gasteiger partial charge on any atom is 0.203 e. The first kappa shape index (κ1) is 20.6. The topological polar surface area (TPSA) is 46.5 Å². The summed E-state index contributed by atoms with van der Waals surface area (Å²) in [4.78, 5) is 4.61. The SMILES string of the molecule is Cc1ccc(-c2csc(N/N=C\c3cc(Cl)c(OC(C)C)c(Cl)c3)n2)c(C)c1. The van der Waals surface area contributed by atoms with Crippen LogP contribution in [0, 0.1) is 13.8 Å². The third kappa shape index (κ3) is 5.04. The summed E-state index contributed by atoms with van der Waals surface area (Å²) >= 11 is 14.0. The molecule has 0 amide bonds. The standard InChI is InChI=1S/C21H21Cl2N3OS/c1-12(2)27-20-17(22)8-15(9-18(20)23)10-24-26-21-25-19(11-28-21)16-6-5-13(3)7-14(16)4/h5-12H,1-4H3,(H,25,26)/b24-10-. The first-order chi connectivity index (χ1) is 13.3. The highest BCUT2D eigenvalue weighted by Crippen LogP contribution is 2.34. The van der Waals surface area contributed by atoms with Gasteiger partial charge in [0.1, 0.15) is 0 Å². The van der Waals surface area contributed by atoms with Gasteiger partial charge in [-0.25, -0.2) is 4.98 Å². The Morgan fingerprint density at radius 3 is 2.50 bits per heavy atom. The molecular weight excluding hydrogens is 413 g/mol. The zero-order valence-corrected chi connectivity index (χ0v) is 18.4. The van der Waals surface area contributed by atoms with E-state index < -0.39 is 0 Å². The van der Waals surface area contributed by atoms with Crippen LogP contribution in [0.5, 0.6) is 5.75 Å². The zero-order valence-electron chi connectivity index (χ0n) is 16.1. The molecular formula is C21H21Cl2N3OS. The Balaban J connectivity index is 1.71. The second-order valence-electron chi connectivity index (χ2n) is 6.71. The van der Waals surface area contributed by atoms with E-state index in [1.807, 2.05) is 19.2 Å². The molecule has 7 heteroatoms. The van der Waals surface area contributed by atoms with Gasteiger partial charge >= 0.3 is 0 Å². The van der Waals surface area contributed by atoms with E-state index in [1.54, 1.807) is 18.3 Å². The molecule has 3 rings (SSSR count). The van der Waals surface area contributed by atoms with Crippen molar-refractivity contribution in [1.29, 1.82) is 0 Å². The lowest BCUT2D eigenvalue weighted by atomic mass is 10.0. The van der Waals surface area contributed by atoms with Crippen LogP contribution in [0.25, 0.3) is 11.3 Å². The van der Waals surface area contributed by atoms with E-state index in [9.17, 15) is 0 Å². The van der Waals surface area contributed by atoms with Gasteiger partial charge in [-0.1, -0.05) is 47.0 Å². The lowest BCUT2D eigenvalue weighted by molar-refractivity contribution is 0.243. The monoisotopic (exact) mass is 433 g/mol. The highest BCUT2D eigenvalue weighted by Gasteiger charge is 2.11. The molecule has 0 aliphatic rings. The number of ether oxygens (including phenoxy) is 1. The molecule has 0 aliphatic carbocycles. The fourth-order valence-corrected chi connectivity index (χ4v) is 3.97. The Kier molecular flexibility index (Phi) is 6.60. The van der Waals surface area contributed by atoms with E-state index in [4.69, 9.17) is 27.9 Å². The lowest BCUT2D eigenvalue weighted by Gasteiger charge is -2.13. The van der Waals surface area contributed by atoms with E-state index in [0.29, 0.717) is 20.9 Å². The van der Waals surface area contributed by atoms with Crippen molar-refractivity contribution in [2.45, 2.75) is 33.8 Å². The number of hydrogen-bond donors (Lipinski definition) is 1. The molecule has 0 saturated heterocycles. The number of nitrogens with zero attached hydrogens (tertiary/aromatic N) is 2. The molecule has 0 aliphatic heterocycles. The fraction of sp³-hybridized carbons (Fsp3) is 0.238. The summed E-state index contributed by atoms with van der Waals surface area (Å²) in [6.07, 6.45) is 1.64. The van der Waals surface area contributed by atoms with Gasteiger partial charge in [0, 0.05) is 10.9 Å². The Bertz CT molecular complexity index is 992. The second kappa shape index (κ2) is 8.95. The third-order valence-electron chi connectivity index (χ3n) is 3.91. The van der Waals surface area contributed by atoms with Crippen LogP contribution in [0.3, 0.4) is 0 Å². The van der Waals surface area contributed by atoms with Crippen LogP contribution >= 0.6 is 34.5 Å². The maximum atomic E-state index is 6.27. The van der Waals surface area contributed by atoms with Crippen LogP contribution in [0.1, 0.15) is 30.5 Å². The molecule has 2 aromatic carbocycles. The molecule has 28 heavy (non-hydrogen) atoms. The van der Waals surface area contributed by atoms with Crippen molar-refractivity contribution in [1.82, 2.24) is 4.98 Å². The largest absolute Gasteiger partial charge is 0.488 e. The Morgan fingerprint density at radius 2 is 1.86 bits per heavy atom. The van der Waals surface area contributed by atoms with E-state index >= 15 is 0 Å². The number of hydrogen-bond acceptors (Lipinski definition) is 5. The normalized spacial score (nSPS) is 11.4. The van der Waals surface area contributed by atoms with E-state index in [-0.39, 0.29) is 6.10 Å². The number of nitrogens with one attached hydrogen (secondary N) is 1. The zero-order chi connectivity index (χ0) is 20.3. The van der Waals surface area contributed by atoms with Gasteiger partial charge in [0.25, 0.3) is 0 Å². The minimum atomic E-state index is -0.00699. The van der Waals surface area contributed by atoms with E-state index in [0.717, 1.165) is 16.8 Å². The summed E-state index contributed by atoms with van der Waals surface area (Å²) in [5.74, 6) is 0.487. The predicted molar refractivity (Wildman–Crippen MR) is 120 cm³/mol. The molecule has 0 spiro atoms. The van der Waals surface area contributed by atoms with Crippen LogP contribution in [0.2, 0.25) is 10.0 Å². The van der Waals surface area contributed by atoms with Gasteiger partial charge < -0.3 is 4.74 Å². The highest BCUT2D eigenvalue weighted by atomic mass is 35.5. The van der Waals surface area contributed by atoms with Crippen molar-refractivity contribution < 1.29 is 4.74 Å². The quantitative estimate of drug-likeness (QED) is 0.337. The summed E-state index contributed by atoms with van der Waals surface area (Å²) in [5.41, 5.74) is 8.22. The maximum absolute atomic E-state index is 6.27. The lowest BCUT2D eigenvalue weighted by Crippen LogP contribution is -2.06. The van der Waals surface area contributed by atoms with Gasteiger partial charge in [0.05, 0.1) is 28.1 Å². The summed E-state index contributed by atoms with van der Waals surface area (Å²) in [6, 6.07) is 9.86. The van der Waals surface area contributed by atoms with Crippen molar-refractivity contribution in [3.63, 3.8) is 0 Å². The predicted octanol–water partition coefficient (Wildman–Crippen LogP) is 6.97. The second-order valence-corrected chi connectivity index (χ2v) is 8.38. The molecule has 1 aromatic heterocycles. The highest BCUT2D eigenvalue weighted by molar-refractivity contribution is 7.14. The molecule has 1 N–H and O–H groups in total. The van der Waals surface area contributed by atoms with Crippen molar-refractivity contribution in [2.75, 3.05) is 5.43 Å². The van der Waals surface area contributed by atoms with Crippen molar-refractivity contribution >= 4 is 45.9 Å². The van der Waals surface area contributed by atoms with Crippen LogP contribution in [-0.2, 0) is 0 Å². The number of halogens is 2. The minimum Gasteiger partial charge on any atom is -0.488 e. The van der Waals surface area contributed by atoms with Gasteiger partial charge in [0.2, 0.25) is 5.13 Å². The van der Waals surface area contributed by atoms with E-state index in [1.165, 1.54) is 22.5 Å². The number of rotatable bonds is 6. The van der Waals surface area contributed by atoms with Gasteiger partial charge in [-0.3, -0.25) is 5.43 Å². The average molecular weight is 434 g/mol. The summed E-state index contributed by atoms with van der Waals surface area (Å²) in [5, 5.41) is 7.88. The Labute approximate surface area is 179 Å². The average Bonchev–Trinajstić information content (AvgIpc) is 3.06. The molecule has 0 unspecified atom stereocenters. The molecule has 146 valence electrons. The van der Waals surface area contributed by atoms with Crippen molar-refractivity contribution in [3.8, 4) is 17.0 Å². The summed E-state index contributed by atoms with van der Waals surface area (Å²) in [6.45, 7) is 8.02. The van der Waals surface area contributed by atoms with Crippen LogP contribution in [-0.4, -0.2) is 17.3 Å². The molecule has 3 aromatic rings. The van der Waals surface area contributed by atoms with Crippen LogP contribution < -0.4 is 10.2 Å². The Hall–Kier alpha value is -2.08. The first-order valence-electron chi connectivity index (χ1n) is 8.81. The third-order valence-corrected chi connectivity index (χ3v) is 5.22. The summed E-state index contributed by atoms with van der Waals surface area (Å²) in [7, 11) is 0. The van der Waals surface area contributed by atoms with Gasteiger partial charge in [0.15, 0.2) is 5.75 Å². The summed E-state index contributed by atoms with van der Waals surface area (Å²) < 4.78 is 5.63. The van der Waals surface area contributed by atoms with Crippen molar-refractivity contribution in [3.05, 3.63) is 62.4 Å². The van der Waals surface area contributed by atoms with Crippen molar-refractivity contribution in [2.24, 2.45) is 5.10 Å². The number of thiazole rings is 1. The smallest absolute Gasteiger partial charge is 0.203 e. The number of anilines is 1. The van der Waals surface area contributed by atoms with E-state index in [2.05, 4.69) is 47.6 Å². The number of aromatic nitrogens is 1. The molecule has 0 atom stereocenters. The van der Waals surface area contributed by atoms with Crippen LogP contribution in [0.15, 0.2) is 40.8 Å². The minimum absolute atomic E-state index is 0.00699.